The van der Waals surface area contributed by atoms with Gasteiger partial charge in [-0.05, 0) is 42.8 Å². The highest BCUT2D eigenvalue weighted by Crippen LogP contribution is 2.30. The number of hydrogen-bond acceptors (Lipinski definition) is 9. The molecular weight excluding hydrogens is 636 g/mol. The summed E-state index contributed by atoms with van der Waals surface area (Å²) in [4.78, 5) is 37.1. The molecule has 2 amide bonds. The SMILES string of the molecule is Cl.[C-]#[N+]N1CCN(c2ccc(N3C[C@H](CC)OC3=O)cc2F)CC1.[C-]#[N+]N1CCN(c2ccc(N3C[C@H](CN)OC3=O)cc2F)CC1. The van der Waals surface area contributed by atoms with Crippen LogP contribution in [0.1, 0.15) is 13.3 Å². The first-order valence-corrected chi connectivity index (χ1v) is 15.2. The maximum atomic E-state index is 14.5. The van der Waals surface area contributed by atoms with Crippen molar-refractivity contribution < 1.29 is 27.8 Å². The van der Waals surface area contributed by atoms with Crippen molar-refractivity contribution in [3.8, 4) is 0 Å². The van der Waals surface area contributed by atoms with Gasteiger partial charge < -0.3 is 25.0 Å². The number of benzene rings is 2. The third-order valence-electron chi connectivity index (χ3n) is 8.43. The van der Waals surface area contributed by atoms with E-state index in [1.807, 2.05) is 16.7 Å². The lowest BCUT2D eigenvalue weighted by atomic mass is 10.2. The Labute approximate surface area is 278 Å². The van der Waals surface area contributed by atoms with Gasteiger partial charge in [-0.15, -0.1) is 22.4 Å². The van der Waals surface area contributed by atoms with Crippen molar-refractivity contribution in [2.45, 2.75) is 25.6 Å². The average molecular weight is 674 g/mol. The molecule has 2 N–H and O–H groups in total. The number of nitrogens with zero attached hydrogens (tertiary/aromatic N) is 8. The third kappa shape index (κ3) is 7.99. The molecule has 0 saturated carbocycles. The van der Waals surface area contributed by atoms with Crippen molar-refractivity contribution in [2.24, 2.45) is 5.73 Å². The van der Waals surface area contributed by atoms with Crippen LogP contribution in [0.15, 0.2) is 36.4 Å². The standard InChI is InChI=1S/C16H19FN4O2.C15H18FN5O2.ClH/c1-3-13-11-21(16(22)23-13)12-4-5-15(14(17)10-12)19-6-8-20(18-2)9-7-19;1-18-20-6-4-19(5-7-20)14-3-2-11(8-13(14)16)21-10-12(9-17)23-15(21)22;/h4-5,10,13H,3,6-9,11H2,1H3;2-3,8,12H,4-7,9-10,17H2;1H/t13-;12-;/m00./s1. The number of nitrogens with two attached hydrogens (primary N) is 1. The number of anilines is 4. The topological polar surface area (TPSA) is 107 Å². The van der Waals surface area contributed by atoms with Crippen LogP contribution in [0.2, 0.25) is 0 Å². The van der Waals surface area contributed by atoms with Gasteiger partial charge in [-0.3, -0.25) is 9.80 Å². The number of ether oxygens (including phenoxy) is 2. The van der Waals surface area contributed by atoms with Crippen molar-refractivity contribution in [3.05, 3.63) is 71.1 Å². The fourth-order valence-corrected chi connectivity index (χ4v) is 5.71. The number of piperazine rings is 2. The van der Waals surface area contributed by atoms with Crippen molar-refractivity contribution in [2.75, 3.05) is 91.6 Å². The van der Waals surface area contributed by atoms with E-state index >= 15 is 0 Å². The molecule has 0 bridgehead atoms. The Kier molecular flexibility index (Phi) is 11.7. The molecule has 0 aliphatic carbocycles. The fraction of sp³-hybridized carbons (Fsp3) is 0.484. The van der Waals surface area contributed by atoms with E-state index in [4.69, 9.17) is 28.4 Å². The molecule has 0 spiro atoms. The van der Waals surface area contributed by atoms with Crippen LogP contribution in [0, 0.1) is 24.8 Å². The van der Waals surface area contributed by atoms with Gasteiger partial charge in [0.1, 0.15) is 50.0 Å². The van der Waals surface area contributed by atoms with E-state index in [-0.39, 0.29) is 42.8 Å². The van der Waals surface area contributed by atoms with Crippen LogP contribution in [0.25, 0.3) is 9.91 Å². The summed E-state index contributed by atoms with van der Waals surface area (Å²) < 4.78 is 39.2. The molecule has 4 saturated heterocycles. The zero-order valence-corrected chi connectivity index (χ0v) is 26.9. The Bertz CT molecular complexity index is 1400. The van der Waals surface area contributed by atoms with Crippen molar-refractivity contribution in [1.29, 1.82) is 0 Å². The number of hydrogen-bond donors (Lipinski definition) is 1. The van der Waals surface area contributed by atoms with E-state index in [0.717, 1.165) is 6.42 Å². The minimum atomic E-state index is -0.502. The summed E-state index contributed by atoms with van der Waals surface area (Å²) in [6.45, 7) is 21.7. The number of carbonyl (C=O) groups excluding carboxylic acids is 2. The summed E-state index contributed by atoms with van der Waals surface area (Å²) in [6.07, 6.45) is -0.666. The van der Waals surface area contributed by atoms with Gasteiger partial charge in [0.2, 0.25) is 0 Å². The number of carbonyl (C=O) groups is 2. The van der Waals surface area contributed by atoms with Gasteiger partial charge in [0.25, 0.3) is 0 Å². The highest BCUT2D eigenvalue weighted by molar-refractivity contribution is 5.90. The molecule has 2 aromatic carbocycles. The second-order valence-electron chi connectivity index (χ2n) is 11.2. The molecular formula is C31H38ClF2N9O4. The summed E-state index contributed by atoms with van der Waals surface area (Å²) in [5.74, 6) is -0.741. The van der Waals surface area contributed by atoms with E-state index < -0.39 is 12.2 Å². The molecule has 2 atom stereocenters. The van der Waals surface area contributed by atoms with Gasteiger partial charge in [-0.25, -0.2) is 18.4 Å². The zero-order chi connectivity index (χ0) is 32.8. The Hall–Kier alpha value is -4.73. The predicted molar refractivity (Wildman–Crippen MR) is 175 cm³/mol. The second-order valence-corrected chi connectivity index (χ2v) is 11.2. The molecule has 252 valence electrons. The van der Waals surface area contributed by atoms with Crippen LogP contribution in [-0.2, 0) is 9.47 Å². The van der Waals surface area contributed by atoms with E-state index in [1.54, 1.807) is 34.3 Å². The first-order chi connectivity index (χ1) is 22.2. The predicted octanol–water partition coefficient (Wildman–Crippen LogP) is 4.00. The normalized spacial score (nSPS) is 20.9. The van der Waals surface area contributed by atoms with Crippen LogP contribution >= 0.6 is 12.4 Å². The molecule has 47 heavy (non-hydrogen) atoms. The first-order valence-electron chi connectivity index (χ1n) is 15.2. The monoisotopic (exact) mass is 673 g/mol. The van der Waals surface area contributed by atoms with Crippen LogP contribution in [-0.4, -0.2) is 106 Å². The lowest BCUT2D eigenvalue weighted by Gasteiger charge is -2.31. The summed E-state index contributed by atoms with van der Waals surface area (Å²) in [7, 11) is 0. The van der Waals surface area contributed by atoms with Gasteiger partial charge in [0, 0.05) is 32.7 Å². The molecule has 4 aliphatic heterocycles. The van der Waals surface area contributed by atoms with Gasteiger partial charge in [-0.2, -0.15) is 23.1 Å². The lowest BCUT2D eigenvalue weighted by molar-refractivity contribution is 0.139. The molecule has 4 heterocycles. The maximum absolute atomic E-state index is 14.5. The summed E-state index contributed by atoms with van der Waals surface area (Å²) in [5.41, 5.74) is 7.49. The van der Waals surface area contributed by atoms with Crippen molar-refractivity contribution in [1.82, 2.24) is 10.0 Å². The van der Waals surface area contributed by atoms with E-state index in [2.05, 4.69) is 9.91 Å². The first kappa shape index (κ1) is 35.1. The van der Waals surface area contributed by atoms with Crippen LogP contribution < -0.4 is 25.3 Å². The van der Waals surface area contributed by atoms with Gasteiger partial charge in [-0.1, -0.05) is 6.92 Å². The molecule has 4 fully saturated rings. The Morgan fingerprint density at radius 3 is 1.47 bits per heavy atom. The lowest BCUT2D eigenvalue weighted by Crippen LogP contribution is -2.43. The van der Waals surface area contributed by atoms with Crippen LogP contribution in [0.4, 0.5) is 41.1 Å². The number of rotatable bonds is 6. The molecule has 0 radical (unpaired) electrons. The smallest absolute Gasteiger partial charge is 0.414 e. The molecule has 6 rings (SSSR count). The van der Waals surface area contributed by atoms with Crippen LogP contribution in [0.5, 0.6) is 0 Å². The largest absolute Gasteiger partial charge is 0.444 e. The van der Waals surface area contributed by atoms with Crippen LogP contribution in [0.3, 0.4) is 0 Å². The summed E-state index contributed by atoms with van der Waals surface area (Å²) in [6, 6.07) is 9.55. The average Bonchev–Trinajstić information content (AvgIpc) is 3.66. The third-order valence-corrected chi connectivity index (χ3v) is 8.43. The molecule has 2 aromatic rings. The molecule has 0 unspecified atom stereocenters. The fourth-order valence-electron chi connectivity index (χ4n) is 5.71. The highest BCUT2D eigenvalue weighted by Gasteiger charge is 2.33. The van der Waals surface area contributed by atoms with Gasteiger partial charge >= 0.3 is 12.2 Å². The van der Waals surface area contributed by atoms with Crippen molar-refractivity contribution in [3.63, 3.8) is 0 Å². The zero-order valence-electron chi connectivity index (χ0n) is 26.1. The number of halogens is 3. The molecule has 13 nitrogen and oxygen atoms in total. The van der Waals surface area contributed by atoms with Gasteiger partial charge in [0.05, 0.1) is 35.8 Å². The molecule has 4 aliphatic rings. The summed E-state index contributed by atoms with van der Waals surface area (Å²) in [5, 5.41) is 3.28. The number of cyclic esters (lactones) is 2. The summed E-state index contributed by atoms with van der Waals surface area (Å²) >= 11 is 0. The van der Waals surface area contributed by atoms with E-state index in [1.165, 1.54) is 21.9 Å². The minimum Gasteiger partial charge on any atom is -0.444 e. The minimum absolute atomic E-state index is 0. The molecule has 0 aromatic heterocycles. The van der Waals surface area contributed by atoms with Gasteiger partial charge in [0.15, 0.2) is 0 Å². The Morgan fingerprint density at radius 1 is 0.745 bits per heavy atom. The highest BCUT2D eigenvalue weighted by atomic mass is 35.5. The maximum Gasteiger partial charge on any atom is 0.414 e. The number of amides is 2. The molecule has 16 heteroatoms. The van der Waals surface area contributed by atoms with E-state index in [0.29, 0.717) is 88.2 Å². The second kappa shape index (κ2) is 15.7. The quantitative estimate of drug-likeness (QED) is 0.456. The van der Waals surface area contributed by atoms with Crippen molar-refractivity contribution >= 4 is 47.3 Å². The Balaban J connectivity index is 0.000000208. The van der Waals surface area contributed by atoms with E-state index in [9.17, 15) is 18.4 Å². The Morgan fingerprint density at radius 2 is 1.15 bits per heavy atom.